The second-order valence-corrected chi connectivity index (χ2v) is 7.64. The molecule has 0 aromatic heterocycles. The fourth-order valence-electron chi connectivity index (χ4n) is 3.72. The quantitative estimate of drug-likeness (QED) is 0.448. The lowest BCUT2D eigenvalue weighted by Gasteiger charge is -2.14. The Morgan fingerprint density at radius 3 is 2.12 bits per heavy atom. The van der Waals surface area contributed by atoms with Crippen molar-refractivity contribution in [3.63, 3.8) is 0 Å². The van der Waals surface area contributed by atoms with Crippen molar-refractivity contribution in [1.29, 1.82) is 0 Å². The number of ether oxygens (including phenoxy) is 1. The fourth-order valence-corrected chi connectivity index (χ4v) is 3.72. The minimum atomic E-state index is -0.393. The van der Waals surface area contributed by atoms with E-state index in [4.69, 9.17) is 0 Å². The Bertz CT molecular complexity index is 1200. The standard InChI is InChI=1S/C26H22N2O5/c1-33-26(32)19-11-9-17(10-12-19)13-14-27-23(29)20-6-4-5-18(15-20)16-28-24(30)21-7-2-3-8-22(21)25(28)31/h2-12,15H,13-14,16H2,1H3,(H,27,29). The second-order valence-electron chi connectivity index (χ2n) is 7.64. The van der Waals surface area contributed by atoms with Gasteiger partial charge in [-0.15, -0.1) is 0 Å². The molecule has 166 valence electrons. The molecule has 1 aliphatic heterocycles. The third-order valence-electron chi connectivity index (χ3n) is 5.48. The van der Waals surface area contributed by atoms with Gasteiger partial charge in [-0.3, -0.25) is 19.3 Å². The second kappa shape index (κ2) is 9.48. The van der Waals surface area contributed by atoms with Gasteiger partial charge in [0.15, 0.2) is 0 Å². The Balaban J connectivity index is 1.35. The first-order chi connectivity index (χ1) is 16.0. The molecule has 33 heavy (non-hydrogen) atoms. The summed E-state index contributed by atoms with van der Waals surface area (Å²) >= 11 is 0. The predicted octanol–water partition coefficient (Wildman–Crippen LogP) is 3.24. The molecular formula is C26H22N2O5. The van der Waals surface area contributed by atoms with Gasteiger partial charge in [0.1, 0.15) is 0 Å². The van der Waals surface area contributed by atoms with E-state index >= 15 is 0 Å². The zero-order valence-corrected chi connectivity index (χ0v) is 18.0. The molecule has 0 atom stereocenters. The minimum Gasteiger partial charge on any atom is -0.465 e. The van der Waals surface area contributed by atoms with Crippen LogP contribution in [0.5, 0.6) is 0 Å². The van der Waals surface area contributed by atoms with Gasteiger partial charge in [-0.1, -0.05) is 36.4 Å². The Hall–Kier alpha value is -4.26. The van der Waals surface area contributed by atoms with E-state index in [0.29, 0.717) is 40.8 Å². The van der Waals surface area contributed by atoms with Crippen molar-refractivity contribution in [2.24, 2.45) is 0 Å². The van der Waals surface area contributed by atoms with Gasteiger partial charge < -0.3 is 10.1 Å². The largest absolute Gasteiger partial charge is 0.465 e. The van der Waals surface area contributed by atoms with Gasteiger partial charge in [-0.2, -0.15) is 0 Å². The maximum Gasteiger partial charge on any atom is 0.337 e. The molecule has 0 radical (unpaired) electrons. The summed E-state index contributed by atoms with van der Waals surface area (Å²) in [5.41, 5.74) is 3.38. The first kappa shape index (κ1) is 22.0. The molecule has 3 amide bonds. The van der Waals surface area contributed by atoms with Gasteiger partial charge in [-0.05, 0) is 53.9 Å². The lowest BCUT2D eigenvalue weighted by molar-refractivity contribution is 0.0597. The number of imide groups is 1. The average molecular weight is 442 g/mol. The van der Waals surface area contributed by atoms with Crippen LogP contribution in [0.2, 0.25) is 0 Å². The molecule has 1 N–H and O–H groups in total. The zero-order chi connectivity index (χ0) is 23.4. The molecule has 1 heterocycles. The van der Waals surface area contributed by atoms with Crippen LogP contribution >= 0.6 is 0 Å². The van der Waals surface area contributed by atoms with Crippen LogP contribution in [0.25, 0.3) is 0 Å². The summed E-state index contributed by atoms with van der Waals surface area (Å²) in [7, 11) is 1.33. The van der Waals surface area contributed by atoms with Crippen LogP contribution in [0, 0.1) is 0 Å². The maximum absolute atomic E-state index is 12.6. The smallest absolute Gasteiger partial charge is 0.337 e. The molecule has 1 aliphatic rings. The Morgan fingerprint density at radius 2 is 1.48 bits per heavy atom. The number of carbonyl (C=O) groups excluding carboxylic acids is 4. The number of benzene rings is 3. The number of carbonyl (C=O) groups is 4. The number of esters is 1. The highest BCUT2D eigenvalue weighted by molar-refractivity contribution is 6.21. The van der Waals surface area contributed by atoms with Crippen LogP contribution < -0.4 is 5.32 Å². The minimum absolute atomic E-state index is 0.0972. The van der Waals surface area contributed by atoms with Crippen LogP contribution in [0.3, 0.4) is 0 Å². The van der Waals surface area contributed by atoms with Gasteiger partial charge in [0.2, 0.25) is 0 Å². The van der Waals surface area contributed by atoms with Crippen molar-refractivity contribution in [2.45, 2.75) is 13.0 Å². The molecule has 0 bridgehead atoms. The van der Waals surface area contributed by atoms with Gasteiger partial charge >= 0.3 is 5.97 Å². The Morgan fingerprint density at radius 1 is 0.818 bits per heavy atom. The number of nitrogens with one attached hydrogen (secondary N) is 1. The van der Waals surface area contributed by atoms with Gasteiger partial charge in [0.05, 0.1) is 30.3 Å². The zero-order valence-electron chi connectivity index (χ0n) is 18.0. The van der Waals surface area contributed by atoms with Crippen molar-refractivity contribution in [1.82, 2.24) is 10.2 Å². The third kappa shape index (κ3) is 4.67. The fraction of sp³-hybridized carbons (Fsp3) is 0.154. The lowest BCUT2D eigenvalue weighted by Crippen LogP contribution is -2.29. The van der Waals surface area contributed by atoms with Crippen LogP contribution in [-0.2, 0) is 17.7 Å². The van der Waals surface area contributed by atoms with Crippen molar-refractivity contribution in [3.8, 4) is 0 Å². The first-order valence-corrected chi connectivity index (χ1v) is 10.5. The SMILES string of the molecule is COC(=O)c1ccc(CCNC(=O)c2cccc(CN3C(=O)c4ccccc4C3=O)c2)cc1. The molecule has 3 aromatic carbocycles. The van der Waals surface area contributed by atoms with E-state index in [1.807, 2.05) is 12.1 Å². The summed E-state index contributed by atoms with van der Waals surface area (Å²) in [5, 5.41) is 2.87. The van der Waals surface area contributed by atoms with Crippen molar-refractivity contribution < 1.29 is 23.9 Å². The van der Waals surface area contributed by atoms with Crippen molar-refractivity contribution in [2.75, 3.05) is 13.7 Å². The number of methoxy groups -OCH3 is 1. The maximum atomic E-state index is 12.6. The van der Waals surface area contributed by atoms with Crippen LogP contribution in [-0.4, -0.2) is 42.2 Å². The van der Waals surface area contributed by atoms with Gasteiger partial charge in [0.25, 0.3) is 17.7 Å². The Kier molecular flexibility index (Phi) is 6.31. The number of fused-ring (bicyclic) bond motifs is 1. The number of nitrogens with zero attached hydrogens (tertiary/aromatic N) is 1. The molecule has 0 unspecified atom stereocenters. The number of amides is 3. The van der Waals surface area contributed by atoms with Gasteiger partial charge in [-0.25, -0.2) is 4.79 Å². The number of hydrogen-bond donors (Lipinski definition) is 1. The molecule has 4 rings (SSSR count). The molecule has 0 spiro atoms. The van der Waals surface area contributed by atoms with E-state index in [-0.39, 0.29) is 24.3 Å². The van der Waals surface area contributed by atoms with E-state index < -0.39 is 5.97 Å². The number of hydrogen-bond acceptors (Lipinski definition) is 5. The highest BCUT2D eigenvalue weighted by Gasteiger charge is 2.34. The third-order valence-corrected chi connectivity index (χ3v) is 5.48. The van der Waals surface area contributed by atoms with Crippen molar-refractivity contribution >= 4 is 23.7 Å². The van der Waals surface area contributed by atoms with E-state index in [9.17, 15) is 19.2 Å². The summed E-state index contributed by atoms with van der Waals surface area (Å²) in [6.07, 6.45) is 0.599. The topological polar surface area (TPSA) is 92.8 Å². The molecule has 3 aromatic rings. The summed E-state index contributed by atoms with van der Waals surface area (Å²) < 4.78 is 4.68. The molecule has 0 saturated heterocycles. The van der Waals surface area contributed by atoms with Crippen molar-refractivity contribution in [3.05, 3.63) is 106 Å². The average Bonchev–Trinajstić information content (AvgIpc) is 3.09. The molecule has 7 heteroatoms. The highest BCUT2D eigenvalue weighted by Crippen LogP contribution is 2.24. The molecule has 0 aliphatic carbocycles. The van der Waals surface area contributed by atoms with E-state index in [0.717, 1.165) is 5.56 Å². The summed E-state index contributed by atoms with van der Waals surface area (Å²) in [5.74, 6) is -1.30. The van der Waals surface area contributed by atoms with Gasteiger partial charge in [0, 0.05) is 12.1 Å². The summed E-state index contributed by atoms with van der Waals surface area (Å²) in [4.78, 5) is 50.4. The Labute approximate surface area is 191 Å². The van der Waals surface area contributed by atoms with Crippen LogP contribution in [0.15, 0.2) is 72.8 Å². The van der Waals surface area contributed by atoms with E-state index in [1.54, 1.807) is 60.7 Å². The van der Waals surface area contributed by atoms with Crippen LogP contribution in [0.1, 0.15) is 52.6 Å². The molecule has 0 fully saturated rings. The lowest BCUT2D eigenvalue weighted by atomic mass is 10.1. The first-order valence-electron chi connectivity index (χ1n) is 10.5. The number of rotatable bonds is 7. The monoisotopic (exact) mass is 442 g/mol. The molecule has 7 nitrogen and oxygen atoms in total. The van der Waals surface area contributed by atoms with E-state index in [2.05, 4.69) is 10.1 Å². The molecule has 0 saturated carbocycles. The van der Waals surface area contributed by atoms with E-state index in [1.165, 1.54) is 12.0 Å². The van der Waals surface area contributed by atoms with Crippen LogP contribution in [0.4, 0.5) is 0 Å². The normalized spacial score (nSPS) is 12.5. The predicted molar refractivity (Wildman–Crippen MR) is 121 cm³/mol. The summed E-state index contributed by atoms with van der Waals surface area (Å²) in [6, 6.07) is 20.6. The highest BCUT2D eigenvalue weighted by atomic mass is 16.5. The molecular weight excluding hydrogens is 420 g/mol. The summed E-state index contributed by atoms with van der Waals surface area (Å²) in [6.45, 7) is 0.513.